The SMILES string of the molecule is CC(C)(C)OC(=O)CN(C(=O)OC(C)(C)C)c1cccc(CN(Cc2ccc(C(C)(C)C)cc2)S(=O)(=O)c2ccccn2)n1. The molecule has 0 fully saturated rings. The molecule has 0 aliphatic heterocycles. The Balaban J connectivity index is 2.00. The maximum Gasteiger partial charge on any atom is 0.416 e. The standard InChI is InChI=1S/C33H44N4O6S/c1-31(2,3)25-18-16-24(17-19-25)21-36(44(40,41)28-15-10-11-20-34-28)22-26-13-12-14-27(35-26)37(30(39)43-33(7,8)9)23-29(38)42-32(4,5)6/h10-20H,21-23H2,1-9H3. The molecule has 3 rings (SSSR count). The van der Waals surface area contributed by atoms with Crippen LogP contribution in [0.15, 0.2) is 71.9 Å². The maximum absolute atomic E-state index is 13.8. The van der Waals surface area contributed by atoms with Crippen molar-refractivity contribution in [2.45, 2.75) is 97.0 Å². The number of amides is 1. The number of hydrogen-bond donors (Lipinski definition) is 0. The van der Waals surface area contributed by atoms with Gasteiger partial charge in [0.05, 0.1) is 12.2 Å². The molecule has 10 nitrogen and oxygen atoms in total. The third kappa shape index (κ3) is 10.1. The lowest BCUT2D eigenvalue weighted by Gasteiger charge is -2.28. The molecule has 0 aliphatic rings. The highest BCUT2D eigenvalue weighted by Gasteiger charge is 2.30. The number of esters is 1. The van der Waals surface area contributed by atoms with Crippen LogP contribution in [0.2, 0.25) is 0 Å². The summed E-state index contributed by atoms with van der Waals surface area (Å²) in [5.74, 6) is -0.527. The van der Waals surface area contributed by atoms with Crippen molar-refractivity contribution in [2.75, 3.05) is 11.4 Å². The number of pyridine rings is 2. The van der Waals surface area contributed by atoms with Crippen molar-refractivity contribution in [1.82, 2.24) is 14.3 Å². The minimum Gasteiger partial charge on any atom is -0.459 e. The molecule has 0 bridgehead atoms. The second-order valence-corrected chi connectivity index (χ2v) is 15.4. The number of hydrogen-bond acceptors (Lipinski definition) is 8. The lowest BCUT2D eigenvalue weighted by Crippen LogP contribution is -2.42. The fourth-order valence-electron chi connectivity index (χ4n) is 4.12. The lowest BCUT2D eigenvalue weighted by atomic mass is 9.87. The number of carbonyl (C=O) groups is 2. The van der Waals surface area contributed by atoms with Crippen molar-refractivity contribution >= 4 is 27.9 Å². The van der Waals surface area contributed by atoms with E-state index in [0.717, 1.165) is 16.0 Å². The van der Waals surface area contributed by atoms with Gasteiger partial charge in [0, 0.05) is 12.7 Å². The third-order valence-electron chi connectivity index (χ3n) is 6.15. The highest BCUT2D eigenvalue weighted by atomic mass is 32.2. The molecule has 0 atom stereocenters. The minimum absolute atomic E-state index is 0.0536. The number of anilines is 1. The monoisotopic (exact) mass is 624 g/mol. The second-order valence-electron chi connectivity index (χ2n) is 13.5. The fraction of sp³-hybridized carbons (Fsp3) is 0.455. The molecular weight excluding hydrogens is 580 g/mol. The normalized spacial score (nSPS) is 12.6. The molecule has 0 unspecified atom stereocenters. The number of sulfonamides is 1. The van der Waals surface area contributed by atoms with Crippen molar-refractivity contribution in [3.63, 3.8) is 0 Å². The van der Waals surface area contributed by atoms with E-state index in [2.05, 4.69) is 30.7 Å². The van der Waals surface area contributed by atoms with Gasteiger partial charge in [0.2, 0.25) is 0 Å². The molecule has 238 valence electrons. The number of ether oxygens (including phenoxy) is 2. The number of benzene rings is 1. The van der Waals surface area contributed by atoms with E-state index in [4.69, 9.17) is 9.47 Å². The smallest absolute Gasteiger partial charge is 0.416 e. The highest BCUT2D eigenvalue weighted by Crippen LogP contribution is 2.25. The molecule has 11 heteroatoms. The third-order valence-corrected chi connectivity index (χ3v) is 7.86. The molecule has 2 aromatic heterocycles. The summed E-state index contributed by atoms with van der Waals surface area (Å²) < 4.78 is 39.9. The van der Waals surface area contributed by atoms with Crippen molar-refractivity contribution in [3.8, 4) is 0 Å². The Morgan fingerprint density at radius 1 is 0.773 bits per heavy atom. The van der Waals surface area contributed by atoms with Gasteiger partial charge >= 0.3 is 12.1 Å². The summed E-state index contributed by atoms with van der Waals surface area (Å²) in [6.07, 6.45) is 0.641. The zero-order valence-electron chi connectivity index (χ0n) is 27.1. The van der Waals surface area contributed by atoms with Crippen LogP contribution in [0, 0.1) is 0 Å². The van der Waals surface area contributed by atoms with E-state index in [1.165, 1.54) is 16.6 Å². The number of nitrogens with zero attached hydrogens (tertiary/aromatic N) is 4. The quantitative estimate of drug-likeness (QED) is 0.257. The topological polar surface area (TPSA) is 119 Å². The molecule has 2 heterocycles. The van der Waals surface area contributed by atoms with Crippen LogP contribution in [-0.4, -0.2) is 52.5 Å². The van der Waals surface area contributed by atoms with Crippen LogP contribution in [0.3, 0.4) is 0 Å². The molecule has 1 aromatic carbocycles. The Morgan fingerprint density at radius 2 is 1.41 bits per heavy atom. The Labute approximate surface area is 261 Å². The van der Waals surface area contributed by atoms with Gasteiger partial charge in [0.15, 0.2) is 5.03 Å². The molecule has 44 heavy (non-hydrogen) atoms. The van der Waals surface area contributed by atoms with Crippen LogP contribution in [0.1, 0.15) is 79.1 Å². The predicted octanol–water partition coefficient (Wildman–Crippen LogP) is 6.25. The van der Waals surface area contributed by atoms with Gasteiger partial charge in [-0.3, -0.25) is 9.69 Å². The summed E-state index contributed by atoms with van der Waals surface area (Å²) >= 11 is 0. The molecular formula is C33H44N4O6S. The Hall–Kier alpha value is -3.83. The minimum atomic E-state index is -4.05. The molecule has 1 amide bonds. The summed E-state index contributed by atoms with van der Waals surface area (Å²) in [5.41, 5.74) is 0.609. The number of carbonyl (C=O) groups excluding carboxylic acids is 2. The first-order valence-electron chi connectivity index (χ1n) is 14.4. The summed E-state index contributed by atoms with van der Waals surface area (Å²) in [4.78, 5) is 35.8. The number of aromatic nitrogens is 2. The first kappa shape index (κ1) is 34.7. The van der Waals surface area contributed by atoms with Crippen molar-refractivity contribution in [3.05, 3.63) is 83.7 Å². The van der Waals surface area contributed by atoms with E-state index in [1.807, 2.05) is 24.3 Å². The van der Waals surface area contributed by atoms with Crippen LogP contribution in [0.4, 0.5) is 10.6 Å². The van der Waals surface area contributed by atoms with Crippen LogP contribution >= 0.6 is 0 Å². The first-order valence-corrected chi connectivity index (χ1v) is 15.9. The van der Waals surface area contributed by atoms with Crippen LogP contribution in [0.25, 0.3) is 0 Å². The zero-order valence-corrected chi connectivity index (χ0v) is 27.9. The summed E-state index contributed by atoms with van der Waals surface area (Å²) in [7, 11) is -4.05. The Kier molecular flexibility index (Phi) is 10.6. The van der Waals surface area contributed by atoms with E-state index < -0.39 is 39.8 Å². The summed E-state index contributed by atoms with van der Waals surface area (Å²) in [5, 5.41) is -0.0947. The predicted molar refractivity (Wildman–Crippen MR) is 169 cm³/mol. The van der Waals surface area contributed by atoms with E-state index in [9.17, 15) is 18.0 Å². The van der Waals surface area contributed by atoms with Crippen LogP contribution < -0.4 is 4.90 Å². The van der Waals surface area contributed by atoms with Crippen molar-refractivity contribution in [1.29, 1.82) is 0 Å². The molecule has 0 spiro atoms. The molecule has 0 N–H and O–H groups in total. The van der Waals surface area contributed by atoms with Gasteiger partial charge in [-0.05, 0) is 82.3 Å². The molecule has 0 aliphatic carbocycles. The fourth-order valence-corrected chi connectivity index (χ4v) is 5.45. The average Bonchev–Trinajstić information content (AvgIpc) is 2.90. The lowest BCUT2D eigenvalue weighted by molar-refractivity contribution is -0.153. The van der Waals surface area contributed by atoms with Gasteiger partial charge in [0.1, 0.15) is 23.6 Å². The molecule has 3 aromatic rings. The summed E-state index contributed by atoms with van der Waals surface area (Å²) in [6.45, 7) is 16.2. The van der Waals surface area contributed by atoms with E-state index in [1.54, 1.807) is 71.9 Å². The van der Waals surface area contributed by atoms with Crippen molar-refractivity contribution in [2.24, 2.45) is 0 Å². The van der Waals surface area contributed by atoms with Crippen LogP contribution in [0.5, 0.6) is 0 Å². The molecule has 0 saturated heterocycles. The second kappa shape index (κ2) is 13.4. The molecule has 0 radical (unpaired) electrons. The van der Waals surface area contributed by atoms with Gasteiger partial charge in [-0.1, -0.05) is 57.2 Å². The van der Waals surface area contributed by atoms with Crippen molar-refractivity contribution < 1.29 is 27.5 Å². The van der Waals surface area contributed by atoms with E-state index in [-0.39, 0.29) is 29.3 Å². The van der Waals surface area contributed by atoms with E-state index in [0.29, 0.717) is 5.69 Å². The van der Waals surface area contributed by atoms with Crippen LogP contribution in [-0.2, 0) is 42.8 Å². The Bertz CT molecular complexity index is 1540. The van der Waals surface area contributed by atoms with Gasteiger partial charge in [0.25, 0.3) is 10.0 Å². The van der Waals surface area contributed by atoms with Gasteiger partial charge < -0.3 is 9.47 Å². The van der Waals surface area contributed by atoms with Gasteiger partial charge in [-0.25, -0.2) is 23.2 Å². The maximum atomic E-state index is 13.8. The van der Waals surface area contributed by atoms with Gasteiger partial charge in [-0.15, -0.1) is 0 Å². The highest BCUT2D eigenvalue weighted by molar-refractivity contribution is 7.89. The average molecular weight is 625 g/mol. The molecule has 0 saturated carbocycles. The van der Waals surface area contributed by atoms with Gasteiger partial charge in [-0.2, -0.15) is 4.31 Å². The zero-order chi connectivity index (χ0) is 32.9. The van der Waals surface area contributed by atoms with E-state index >= 15 is 0 Å². The number of rotatable bonds is 9. The summed E-state index contributed by atoms with van der Waals surface area (Å²) in [6, 6.07) is 17.4. The Morgan fingerprint density at radius 3 is 1.95 bits per heavy atom. The first-order chi connectivity index (χ1) is 20.2. The largest absolute Gasteiger partial charge is 0.459 e.